The number of benzene rings is 3. The highest BCUT2D eigenvalue weighted by molar-refractivity contribution is 14.1. The van der Waals surface area contributed by atoms with Crippen molar-refractivity contribution in [2.24, 2.45) is 0 Å². The quantitative estimate of drug-likeness (QED) is 0.0474. The van der Waals surface area contributed by atoms with E-state index in [2.05, 4.69) is 90.0 Å². The molecule has 560 valence electrons. The van der Waals surface area contributed by atoms with Crippen molar-refractivity contribution < 1.29 is 48.7 Å². The predicted octanol–water partition coefficient (Wildman–Crippen LogP) is 15.4. The Labute approximate surface area is 670 Å². The normalized spacial score (nSPS) is 10.5. The lowest BCUT2D eigenvalue weighted by Crippen LogP contribution is -2.30. The Hall–Kier alpha value is -13.3. The number of hydrogen-bond donors (Lipinski definition) is 4. The number of fused-ring (bicyclic) bond motifs is 5. The molecule has 3 aromatic carbocycles. The first-order valence-electron chi connectivity index (χ1n) is 34.4. The molecule has 4 N–H and O–H groups in total. The molecular weight excluding hydrogens is 1640 g/mol. The fourth-order valence-electron chi connectivity index (χ4n) is 11.6. The van der Waals surface area contributed by atoms with Gasteiger partial charge in [-0.3, -0.25) is 17.6 Å². The van der Waals surface area contributed by atoms with E-state index in [0.29, 0.717) is 45.4 Å². The zero-order valence-corrected chi connectivity index (χ0v) is 65.5. The maximum Gasteiger partial charge on any atom is 0.492 e. The Kier molecular flexibility index (Phi) is 26.7. The third-order valence-electron chi connectivity index (χ3n) is 16.8. The highest BCUT2D eigenvalue weighted by atomic mass is 127. The van der Waals surface area contributed by atoms with Crippen molar-refractivity contribution in [1.29, 1.82) is 0 Å². The van der Waals surface area contributed by atoms with Crippen molar-refractivity contribution in [1.82, 2.24) is 71.8 Å². The van der Waals surface area contributed by atoms with Crippen LogP contribution in [0.5, 0.6) is 46.0 Å². The van der Waals surface area contributed by atoms with Crippen LogP contribution in [-0.2, 0) is 0 Å². The van der Waals surface area contributed by atoms with Crippen LogP contribution in [0.3, 0.4) is 0 Å². The summed E-state index contributed by atoms with van der Waals surface area (Å²) in [7, 11) is 8.24. The van der Waals surface area contributed by atoms with E-state index in [0.717, 1.165) is 98.1 Å². The van der Waals surface area contributed by atoms with Crippen molar-refractivity contribution >= 4 is 85.3 Å². The van der Waals surface area contributed by atoms with E-state index >= 15 is 0 Å². The maximum absolute atomic E-state index is 10.1. The zero-order valence-electron chi connectivity index (χ0n) is 61.1. The van der Waals surface area contributed by atoms with E-state index in [4.69, 9.17) is 43.5 Å². The fraction of sp³-hybridized carbons (Fsp3) is 0.0714. The number of pyridine rings is 10. The van der Waals surface area contributed by atoms with Crippen LogP contribution in [0.2, 0.25) is 0 Å². The largest absolute Gasteiger partial charge is 0.507 e. The van der Waals surface area contributed by atoms with Crippen LogP contribution in [0.4, 0.5) is 0 Å². The van der Waals surface area contributed by atoms with Crippen LogP contribution < -0.4 is 33.9 Å². The van der Waals surface area contributed by atoms with E-state index in [1.807, 2.05) is 241 Å². The summed E-state index contributed by atoms with van der Waals surface area (Å²) in [5, 5.41) is 37.9. The first-order chi connectivity index (χ1) is 54.9. The minimum Gasteiger partial charge on any atom is -0.507 e. The van der Waals surface area contributed by atoms with Gasteiger partial charge in [-0.2, -0.15) is 0 Å². The van der Waals surface area contributed by atoms with E-state index in [1.165, 1.54) is 7.11 Å². The number of ether oxygens (including phenoxy) is 6. The summed E-state index contributed by atoms with van der Waals surface area (Å²) in [4.78, 5) is 43.9. The van der Waals surface area contributed by atoms with Crippen LogP contribution >= 0.6 is 45.2 Å². The molecule has 0 aliphatic heterocycles. The SMILES string of the molecule is COc1ccccc1-c1nc(-c2ncccc2OC)n2ccccc12.COc1ccccc1B(O)O.COc1cccnc1-c1nc(I)c2ccccn12.COc1cccnc1-c1ncc2ccccn12.COc1cccnc1I.Oc1ccccc1-c1nc(-c2ncccc2O)n2ccccc12.c1ccn2cncc2c1. The fourth-order valence-corrected chi connectivity index (χ4v) is 12.8. The Bertz CT molecular complexity index is 5950. The molecule has 0 aliphatic rings. The number of nitrogens with zero attached hydrogens (tertiary/aromatic N) is 15. The molecular formula is C84H72BI2N15O10. The van der Waals surface area contributed by atoms with Crippen LogP contribution in [0, 0.1) is 7.40 Å². The third kappa shape index (κ3) is 18.2. The monoisotopic (exact) mass is 1720 g/mol. The van der Waals surface area contributed by atoms with E-state index < -0.39 is 7.12 Å². The lowest BCUT2D eigenvalue weighted by atomic mass is 9.80. The first kappa shape index (κ1) is 78.3. The summed E-state index contributed by atoms with van der Waals surface area (Å²) in [5.41, 5.74) is 11.1. The van der Waals surface area contributed by atoms with Gasteiger partial charge < -0.3 is 53.1 Å². The molecule has 0 unspecified atom stereocenters. The molecule has 0 spiro atoms. The van der Waals surface area contributed by atoms with E-state index in [9.17, 15) is 10.2 Å². The molecule has 0 saturated heterocycles. The summed E-state index contributed by atoms with van der Waals surface area (Å²) >= 11 is 4.35. The minimum atomic E-state index is -1.47. The molecule has 0 amide bonds. The van der Waals surface area contributed by atoms with Crippen molar-refractivity contribution in [2.75, 3.05) is 42.7 Å². The first-order valence-corrected chi connectivity index (χ1v) is 36.6. The number of imidazole rings is 5. The Morgan fingerprint density at radius 1 is 0.312 bits per heavy atom. The van der Waals surface area contributed by atoms with Gasteiger partial charge in [0.15, 0.2) is 29.0 Å². The summed E-state index contributed by atoms with van der Waals surface area (Å²) in [6.45, 7) is 0. The maximum atomic E-state index is 10.1. The van der Waals surface area contributed by atoms with Crippen molar-refractivity contribution in [3.8, 4) is 115 Å². The van der Waals surface area contributed by atoms with Gasteiger partial charge in [0.05, 0.1) is 89.0 Å². The molecule has 0 atom stereocenters. The van der Waals surface area contributed by atoms with Gasteiger partial charge in [0.1, 0.15) is 81.8 Å². The summed E-state index contributed by atoms with van der Waals surface area (Å²) in [5.74, 6) is 7.31. The van der Waals surface area contributed by atoms with Gasteiger partial charge in [0.2, 0.25) is 0 Å². The number of rotatable bonds is 13. The van der Waals surface area contributed by atoms with Gasteiger partial charge in [0, 0.05) is 78.6 Å². The molecule has 28 heteroatoms. The number of hydrogen-bond acceptors (Lipinski definition) is 20. The standard InChI is InChI=1S/C20H17N3O2.C18H13N3O2.C13H10IN3O.C13H11N3O.C7H9BO3.C7H6N2.C6H6INO/c1-24-16-10-4-3-8-14(16)18-15-9-5-6-13-23(15)20(22-18)19-17(25-2)11-7-12-21-19;22-14-8-2-1-6-12(14)16-13-7-3-4-11-21(13)18(20-16)17-15(23)9-5-10-19-17;1-18-10-6-4-7-15-11(10)13-16-12(14)9-5-2-3-8-17(9)13;1-17-11-6-4-7-14-12(11)13-15-9-10-5-2-3-8-16(10)13;1-11-7-5-3-2-4-6(7)8(9)10;1-2-4-9-6-8-5-7(9)3-1;1-9-5-3-2-4-8-6(5)7/h3-13H,1-2H3;1-11,22-23H;2-8H,1H3;2-9H,1H3;2-5,9-10H,1H3;1-6H;2-4H,1H3. The molecule has 0 bridgehead atoms. The molecule has 18 rings (SSSR count). The molecule has 0 radical (unpaired) electrons. The van der Waals surface area contributed by atoms with Crippen LogP contribution in [-0.4, -0.2) is 142 Å². The second-order valence-electron chi connectivity index (χ2n) is 23.5. The highest BCUT2D eigenvalue weighted by Gasteiger charge is 2.23. The number of halogens is 2. The molecule has 15 aromatic heterocycles. The van der Waals surface area contributed by atoms with Gasteiger partial charge in [-0.25, -0.2) is 49.8 Å². The number of aromatic hydroxyl groups is 2. The lowest BCUT2D eigenvalue weighted by Gasteiger charge is -2.05. The molecule has 15 heterocycles. The molecule has 25 nitrogen and oxygen atoms in total. The van der Waals surface area contributed by atoms with E-state index in [-0.39, 0.29) is 11.5 Å². The number of methoxy groups -OCH3 is 6. The van der Waals surface area contributed by atoms with Gasteiger partial charge >= 0.3 is 7.12 Å². The number of phenolic OH excluding ortho intramolecular Hbond substituents is 1. The Morgan fingerprint density at radius 3 is 1.26 bits per heavy atom. The molecule has 0 aliphatic carbocycles. The molecule has 0 fully saturated rings. The average Bonchev–Trinajstić information content (AvgIpc) is 1.60. The Morgan fingerprint density at radius 2 is 0.723 bits per heavy atom. The number of aromatic nitrogens is 15. The molecule has 18 aromatic rings. The second kappa shape index (κ2) is 38.2. The van der Waals surface area contributed by atoms with Crippen molar-refractivity contribution in [2.45, 2.75) is 0 Å². The van der Waals surface area contributed by atoms with Gasteiger partial charge in [0.25, 0.3) is 0 Å². The lowest BCUT2D eigenvalue weighted by molar-refractivity contribution is 0.403. The number of phenols is 1. The van der Waals surface area contributed by atoms with Gasteiger partial charge in [-0.1, -0.05) is 72.8 Å². The Balaban J connectivity index is 0.000000125. The summed E-state index contributed by atoms with van der Waals surface area (Å²) in [6, 6.07) is 69.5. The highest BCUT2D eigenvalue weighted by Crippen LogP contribution is 2.39. The number of para-hydroxylation sites is 3. The summed E-state index contributed by atoms with van der Waals surface area (Å²) in [6.07, 6.45) is 23.8. The van der Waals surface area contributed by atoms with Crippen molar-refractivity contribution in [3.05, 3.63) is 313 Å². The summed E-state index contributed by atoms with van der Waals surface area (Å²) < 4.78 is 43.2. The topological polar surface area (TPSA) is 287 Å². The average molecular weight is 1720 g/mol. The smallest absolute Gasteiger partial charge is 0.492 e. The van der Waals surface area contributed by atoms with E-state index in [1.54, 1.807) is 121 Å². The van der Waals surface area contributed by atoms with Gasteiger partial charge in [-0.15, -0.1) is 0 Å². The predicted molar refractivity (Wildman–Crippen MR) is 448 cm³/mol. The minimum absolute atomic E-state index is 0.0621. The van der Waals surface area contributed by atoms with Crippen LogP contribution in [0.25, 0.3) is 96.2 Å². The van der Waals surface area contributed by atoms with Crippen LogP contribution in [0.15, 0.2) is 305 Å². The van der Waals surface area contributed by atoms with Gasteiger partial charge in [-0.05, 0) is 197 Å². The molecule has 0 saturated carbocycles. The molecule has 112 heavy (non-hydrogen) atoms. The second-order valence-corrected chi connectivity index (χ2v) is 25.6. The van der Waals surface area contributed by atoms with Crippen LogP contribution in [0.1, 0.15) is 0 Å². The van der Waals surface area contributed by atoms with Crippen molar-refractivity contribution in [3.63, 3.8) is 0 Å². The third-order valence-corrected chi connectivity index (χ3v) is 18.5. The zero-order chi connectivity index (χ0) is 78.3.